The molecule has 4 rings (SSSR count). The van der Waals surface area contributed by atoms with Gasteiger partial charge in [0, 0.05) is 22.3 Å². The van der Waals surface area contributed by atoms with E-state index in [0.717, 1.165) is 12.1 Å². The number of hydrogen-bond donors (Lipinski definition) is 0. The van der Waals surface area contributed by atoms with Gasteiger partial charge in [-0.15, -0.1) is 11.8 Å². The van der Waals surface area contributed by atoms with Gasteiger partial charge in [0.15, 0.2) is 0 Å². The molecule has 1 saturated heterocycles. The highest BCUT2D eigenvalue weighted by Gasteiger charge is 2.38. The third-order valence-corrected chi connectivity index (χ3v) is 6.09. The third-order valence-electron chi connectivity index (χ3n) is 4.75. The van der Waals surface area contributed by atoms with Crippen molar-refractivity contribution in [2.75, 3.05) is 4.90 Å². The van der Waals surface area contributed by atoms with Crippen molar-refractivity contribution in [3.8, 4) is 0 Å². The lowest BCUT2D eigenvalue weighted by Crippen LogP contribution is -2.44. The molecule has 3 aromatic rings. The Bertz CT molecular complexity index is 851. The average Bonchev–Trinajstić information content (AvgIpc) is 2.71. The van der Waals surface area contributed by atoms with Gasteiger partial charge in [-0.25, -0.2) is 0 Å². The number of rotatable bonds is 4. The zero-order valence-electron chi connectivity index (χ0n) is 14.5. The molecule has 1 aliphatic heterocycles. The molecule has 3 aromatic carbocycles. The Morgan fingerprint density at radius 1 is 0.769 bits per heavy atom. The maximum atomic E-state index is 12.9. The molecule has 0 aromatic heterocycles. The minimum Gasteiger partial charge on any atom is -0.304 e. The van der Waals surface area contributed by atoms with E-state index in [9.17, 15) is 4.79 Å². The fraction of sp³-hybridized carbons (Fsp3) is 0.174. The number of benzene rings is 3. The van der Waals surface area contributed by atoms with Gasteiger partial charge in [0.05, 0.1) is 6.04 Å². The fourth-order valence-electron chi connectivity index (χ4n) is 3.57. The minimum atomic E-state index is 0.0325. The maximum Gasteiger partial charge on any atom is 0.227 e. The summed E-state index contributed by atoms with van der Waals surface area (Å²) in [5, 5.41) is 0.317. The normalized spacial score (nSPS) is 20.2. The van der Waals surface area contributed by atoms with Crippen molar-refractivity contribution < 1.29 is 4.79 Å². The Balaban J connectivity index is 1.74. The molecule has 3 heteroatoms. The minimum absolute atomic E-state index is 0.0325. The number of nitrogens with zero attached hydrogens (tertiary/aromatic N) is 1. The van der Waals surface area contributed by atoms with Crippen LogP contribution in [0.3, 0.4) is 0 Å². The summed E-state index contributed by atoms with van der Waals surface area (Å²) >= 11 is 1.87. The van der Waals surface area contributed by atoms with E-state index < -0.39 is 0 Å². The number of para-hydroxylation sites is 1. The quantitative estimate of drug-likeness (QED) is 0.594. The molecule has 0 spiro atoms. The second-order valence-corrected chi connectivity index (χ2v) is 7.78. The van der Waals surface area contributed by atoms with E-state index in [4.69, 9.17) is 0 Å². The molecule has 1 aliphatic rings. The first-order valence-corrected chi connectivity index (χ1v) is 9.84. The summed E-state index contributed by atoms with van der Waals surface area (Å²) in [6.07, 6.45) is 1.48. The Hall–Kier alpha value is -2.52. The van der Waals surface area contributed by atoms with Crippen LogP contribution >= 0.6 is 11.8 Å². The van der Waals surface area contributed by atoms with E-state index >= 15 is 0 Å². The molecular formula is C23H21NOS. The van der Waals surface area contributed by atoms with Gasteiger partial charge < -0.3 is 4.90 Å². The number of thioether (sulfide) groups is 1. The third kappa shape index (κ3) is 3.54. The Morgan fingerprint density at radius 3 is 2.00 bits per heavy atom. The highest BCUT2D eigenvalue weighted by atomic mass is 32.2. The van der Waals surface area contributed by atoms with Gasteiger partial charge in [0.25, 0.3) is 0 Å². The van der Waals surface area contributed by atoms with Gasteiger partial charge in [0.1, 0.15) is 0 Å². The van der Waals surface area contributed by atoms with Crippen molar-refractivity contribution in [2.45, 2.75) is 29.0 Å². The Labute approximate surface area is 158 Å². The molecule has 1 amide bonds. The van der Waals surface area contributed by atoms with Gasteiger partial charge in [-0.3, -0.25) is 4.79 Å². The van der Waals surface area contributed by atoms with Crippen molar-refractivity contribution >= 4 is 23.4 Å². The van der Waals surface area contributed by atoms with Crippen LogP contribution in [0.15, 0.2) is 95.9 Å². The summed E-state index contributed by atoms with van der Waals surface area (Å²) in [6, 6.07) is 31.0. The van der Waals surface area contributed by atoms with Gasteiger partial charge in [-0.2, -0.15) is 0 Å². The summed E-state index contributed by atoms with van der Waals surface area (Å²) < 4.78 is 0. The summed E-state index contributed by atoms with van der Waals surface area (Å²) in [7, 11) is 0. The molecule has 0 N–H and O–H groups in total. The first kappa shape index (κ1) is 16.9. The van der Waals surface area contributed by atoms with E-state index in [-0.39, 0.29) is 11.9 Å². The number of anilines is 1. The van der Waals surface area contributed by atoms with Crippen molar-refractivity contribution in [1.29, 1.82) is 0 Å². The topological polar surface area (TPSA) is 20.3 Å². The van der Waals surface area contributed by atoms with E-state index in [1.165, 1.54) is 10.5 Å². The van der Waals surface area contributed by atoms with Gasteiger partial charge >= 0.3 is 0 Å². The van der Waals surface area contributed by atoms with E-state index in [0.29, 0.717) is 11.7 Å². The summed E-state index contributed by atoms with van der Waals surface area (Å²) in [5.41, 5.74) is 2.17. The molecule has 2 atom stereocenters. The number of hydrogen-bond acceptors (Lipinski definition) is 2. The van der Waals surface area contributed by atoms with Crippen molar-refractivity contribution in [1.82, 2.24) is 0 Å². The molecular weight excluding hydrogens is 338 g/mol. The molecule has 1 heterocycles. The maximum absolute atomic E-state index is 12.9. The SMILES string of the molecule is O=C1CC[C@H](Sc2ccccc2)[C@@H](c2ccccc2)N1c1ccccc1. The van der Waals surface area contributed by atoms with Gasteiger partial charge in [-0.05, 0) is 36.2 Å². The standard InChI is InChI=1S/C23H21NOS/c25-22-17-16-21(26-20-14-8-3-9-15-20)23(18-10-4-1-5-11-18)24(22)19-12-6-2-7-13-19/h1-15,21,23H,16-17H2/t21-,23+/m0/s1. The molecule has 2 nitrogen and oxygen atoms in total. The Kier molecular flexibility index (Phi) is 5.07. The Morgan fingerprint density at radius 2 is 1.35 bits per heavy atom. The van der Waals surface area contributed by atoms with Crippen LogP contribution in [-0.2, 0) is 4.79 Å². The van der Waals surface area contributed by atoms with E-state index in [2.05, 4.69) is 48.5 Å². The highest BCUT2D eigenvalue weighted by molar-refractivity contribution is 8.00. The van der Waals surface area contributed by atoms with Crippen LogP contribution in [0, 0.1) is 0 Å². The van der Waals surface area contributed by atoms with Crippen LogP contribution in [0.5, 0.6) is 0 Å². The molecule has 0 radical (unpaired) electrons. The molecule has 0 bridgehead atoms. The lowest BCUT2D eigenvalue weighted by atomic mass is 9.93. The summed E-state index contributed by atoms with van der Waals surface area (Å²) in [4.78, 5) is 16.1. The zero-order valence-corrected chi connectivity index (χ0v) is 15.3. The van der Waals surface area contributed by atoms with Crippen LogP contribution in [0.1, 0.15) is 24.4 Å². The number of amides is 1. The van der Waals surface area contributed by atoms with Crippen LogP contribution < -0.4 is 4.90 Å². The van der Waals surface area contributed by atoms with Gasteiger partial charge in [0.2, 0.25) is 5.91 Å². The molecule has 0 saturated carbocycles. The second kappa shape index (κ2) is 7.79. The largest absolute Gasteiger partial charge is 0.304 e. The average molecular weight is 359 g/mol. The molecule has 130 valence electrons. The number of carbonyl (C=O) groups is 1. The van der Waals surface area contributed by atoms with Crippen molar-refractivity contribution in [3.63, 3.8) is 0 Å². The first-order chi connectivity index (χ1) is 12.8. The number of piperidine rings is 1. The smallest absolute Gasteiger partial charge is 0.227 e. The van der Waals surface area contributed by atoms with Crippen molar-refractivity contribution in [2.24, 2.45) is 0 Å². The van der Waals surface area contributed by atoms with Crippen LogP contribution in [0.2, 0.25) is 0 Å². The summed E-state index contributed by atoms with van der Waals surface area (Å²) in [6.45, 7) is 0. The predicted octanol–water partition coefficient (Wildman–Crippen LogP) is 5.72. The lowest BCUT2D eigenvalue weighted by molar-refractivity contribution is -0.120. The second-order valence-electron chi connectivity index (χ2n) is 6.46. The van der Waals surface area contributed by atoms with Crippen LogP contribution in [0.25, 0.3) is 0 Å². The van der Waals surface area contributed by atoms with Crippen molar-refractivity contribution in [3.05, 3.63) is 96.6 Å². The molecule has 0 unspecified atom stereocenters. The lowest BCUT2D eigenvalue weighted by Gasteiger charge is -2.41. The fourth-order valence-corrected chi connectivity index (χ4v) is 4.88. The first-order valence-electron chi connectivity index (χ1n) is 8.97. The van der Waals surface area contributed by atoms with Crippen LogP contribution in [-0.4, -0.2) is 11.2 Å². The van der Waals surface area contributed by atoms with Gasteiger partial charge in [-0.1, -0.05) is 66.7 Å². The molecule has 1 fully saturated rings. The van der Waals surface area contributed by atoms with E-state index in [1.807, 2.05) is 59.1 Å². The highest BCUT2D eigenvalue weighted by Crippen LogP contribution is 2.43. The zero-order chi connectivity index (χ0) is 17.8. The van der Waals surface area contributed by atoms with Crippen LogP contribution in [0.4, 0.5) is 5.69 Å². The summed E-state index contributed by atoms with van der Waals surface area (Å²) in [5.74, 6) is 0.204. The molecule has 0 aliphatic carbocycles. The monoisotopic (exact) mass is 359 g/mol. The predicted molar refractivity (Wildman–Crippen MR) is 108 cm³/mol. The molecule has 26 heavy (non-hydrogen) atoms. The van der Waals surface area contributed by atoms with E-state index in [1.54, 1.807) is 0 Å². The number of carbonyl (C=O) groups excluding carboxylic acids is 1.